The minimum atomic E-state index is -4.59. The molecule has 0 atom stereocenters. The van der Waals surface area contributed by atoms with Gasteiger partial charge in [-0.25, -0.2) is 9.18 Å². The number of alkyl halides is 3. The normalized spacial score (nSPS) is 15.7. The highest BCUT2D eigenvalue weighted by Crippen LogP contribution is 2.36. The average Bonchev–Trinajstić information content (AvgIpc) is 2.63. The van der Waals surface area contributed by atoms with Gasteiger partial charge in [-0.05, 0) is 54.7 Å². The fourth-order valence-corrected chi connectivity index (χ4v) is 3.40. The zero-order valence-corrected chi connectivity index (χ0v) is 14.9. The maximum Gasteiger partial charge on any atom is 0.417 e. The van der Waals surface area contributed by atoms with Crippen molar-refractivity contribution in [1.29, 1.82) is 0 Å². The van der Waals surface area contributed by atoms with Crippen LogP contribution in [-0.2, 0) is 6.18 Å². The molecule has 1 aliphatic heterocycles. The Bertz CT molecular complexity index is 815. The van der Waals surface area contributed by atoms with Crippen molar-refractivity contribution >= 4 is 23.3 Å². The van der Waals surface area contributed by atoms with E-state index in [-0.39, 0.29) is 17.4 Å². The molecule has 0 aliphatic carbocycles. The first-order chi connectivity index (χ1) is 12.7. The Morgan fingerprint density at radius 3 is 2.30 bits per heavy atom. The molecule has 0 aromatic heterocycles. The molecule has 2 aromatic rings. The fraction of sp³-hybridized carbons (Fsp3) is 0.316. The fourth-order valence-electron chi connectivity index (χ4n) is 3.17. The van der Waals surface area contributed by atoms with E-state index >= 15 is 0 Å². The number of hydrogen-bond acceptors (Lipinski definition) is 1. The maximum atomic E-state index is 13.0. The van der Waals surface area contributed by atoms with E-state index in [9.17, 15) is 22.4 Å². The van der Waals surface area contributed by atoms with Gasteiger partial charge in [-0.1, -0.05) is 23.7 Å². The van der Waals surface area contributed by atoms with Crippen molar-refractivity contribution < 1.29 is 22.4 Å². The van der Waals surface area contributed by atoms with Gasteiger partial charge in [0.2, 0.25) is 0 Å². The molecular weight excluding hydrogens is 384 g/mol. The van der Waals surface area contributed by atoms with Crippen molar-refractivity contribution in [3.8, 4) is 0 Å². The first-order valence-corrected chi connectivity index (χ1v) is 8.80. The summed E-state index contributed by atoms with van der Waals surface area (Å²) in [6, 6.07) is 9.11. The largest absolute Gasteiger partial charge is 0.417 e. The minimum Gasteiger partial charge on any atom is -0.324 e. The van der Waals surface area contributed by atoms with E-state index in [2.05, 4.69) is 5.32 Å². The van der Waals surface area contributed by atoms with Crippen LogP contribution in [-0.4, -0.2) is 24.0 Å². The lowest BCUT2D eigenvalue weighted by molar-refractivity contribution is -0.137. The van der Waals surface area contributed by atoms with Crippen LogP contribution < -0.4 is 5.32 Å². The van der Waals surface area contributed by atoms with Gasteiger partial charge in [0.15, 0.2) is 0 Å². The van der Waals surface area contributed by atoms with Gasteiger partial charge < -0.3 is 10.2 Å². The molecule has 3 rings (SSSR count). The number of likely N-dealkylation sites (tertiary alicyclic amines) is 1. The second-order valence-electron chi connectivity index (χ2n) is 6.44. The number of carbonyl (C=O) groups excluding carboxylic acids is 1. The number of hydrogen-bond donors (Lipinski definition) is 1. The van der Waals surface area contributed by atoms with E-state index in [0.29, 0.717) is 25.9 Å². The maximum absolute atomic E-state index is 13.0. The summed E-state index contributed by atoms with van der Waals surface area (Å²) in [5.41, 5.74) is 0.0679. The van der Waals surface area contributed by atoms with Gasteiger partial charge in [-0.2, -0.15) is 13.2 Å². The first kappa shape index (κ1) is 19.5. The molecule has 2 aromatic carbocycles. The summed E-state index contributed by atoms with van der Waals surface area (Å²) >= 11 is 5.58. The smallest absolute Gasteiger partial charge is 0.324 e. The molecule has 1 aliphatic rings. The number of halogens is 5. The lowest BCUT2D eigenvalue weighted by Gasteiger charge is -2.32. The SMILES string of the molecule is O=C(Nc1ccc(Cl)c(C(F)(F)F)c1)N1CCC(c2ccc(F)cc2)CC1. The van der Waals surface area contributed by atoms with E-state index in [4.69, 9.17) is 11.6 Å². The van der Waals surface area contributed by atoms with Crippen LogP contribution in [0.15, 0.2) is 42.5 Å². The van der Waals surface area contributed by atoms with Crippen LogP contribution in [0.1, 0.15) is 29.9 Å². The van der Waals surface area contributed by atoms with Gasteiger partial charge in [0.25, 0.3) is 0 Å². The van der Waals surface area contributed by atoms with Crippen molar-refractivity contribution in [3.63, 3.8) is 0 Å². The Hall–Kier alpha value is -2.28. The Balaban J connectivity index is 1.61. The summed E-state index contributed by atoms with van der Waals surface area (Å²) in [7, 11) is 0. The zero-order chi connectivity index (χ0) is 19.6. The van der Waals surface area contributed by atoms with E-state index in [1.54, 1.807) is 17.0 Å². The molecule has 1 N–H and O–H groups in total. The van der Waals surface area contributed by atoms with Crippen LogP contribution >= 0.6 is 11.6 Å². The zero-order valence-electron chi connectivity index (χ0n) is 14.2. The highest BCUT2D eigenvalue weighted by molar-refractivity contribution is 6.31. The van der Waals surface area contributed by atoms with Gasteiger partial charge in [-0.15, -0.1) is 0 Å². The van der Waals surface area contributed by atoms with Crippen molar-refractivity contribution in [3.05, 3.63) is 64.4 Å². The van der Waals surface area contributed by atoms with E-state index < -0.39 is 22.8 Å². The van der Waals surface area contributed by atoms with Crippen LogP contribution in [0.5, 0.6) is 0 Å². The number of nitrogens with one attached hydrogen (secondary N) is 1. The van der Waals surface area contributed by atoms with Crippen LogP contribution in [0.2, 0.25) is 5.02 Å². The van der Waals surface area contributed by atoms with Crippen LogP contribution in [0.4, 0.5) is 28.0 Å². The highest BCUT2D eigenvalue weighted by Gasteiger charge is 2.33. The van der Waals surface area contributed by atoms with Crippen LogP contribution in [0.3, 0.4) is 0 Å². The highest BCUT2D eigenvalue weighted by atomic mass is 35.5. The third kappa shape index (κ3) is 4.71. The molecule has 0 bridgehead atoms. The monoisotopic (exact) mass is 400 g/mol. The number of rotatable bonds is 2. The second-order valence-corrected chi connectivity index (χ2v) is 6.84. The minimum absolute atomic E-state index is 0.0392. The molecule has 27 heavy (non-hydrogen) atoms. The van der Waals surface area contributed by atoms with Gasteiger partial charge in [0, 0.05) is 18.8 Å². The van der Waals surface area contributed by atoms with Gasteiger partial charge in [-0.3, -0.25) is 0 Å². The number of amides is 2. The molecule has 1 saturated heterocycles. The summed E-state index contributed by atoms with van der Waals surface area (Å²) in [6.07, 6.45) is -3.19. The molecular formula is C19H17ClF4N2O. The van der Waals surface area contributed by atoms with E-state index in [1.807, 2.05) is 0 Å². The molecule has 1 fully saturated rings. The molecule has 8 heteroatoms. The lowest BCUT2D eigenvalue weighted by atomic mass is 9.89. The molecule has 3 nitrogen and oxygen atoms in total. The molecule has 0 saturated carbocycles. The number of benzene rings is 2. The van der Waals surface area contributed by atoms with Crippen LogP contribution in [0, 0.1) is 5.82 Å². The molecule has 0 spiro atoms. The number of piperidine rings is 1. The van der Waals surface area contributed by atoms with Gasteiger partial charge >= 0.3 is 12.2 Å². The van der Waals surface area contributed by atoms with E-state index in [1.165, 1.54) is 18.2 Å². The Labute approximate surface area is 158 Å². The summed E-state index contributed by atoms with van der Waals surface area (Å²) < 4.78 is 51.8. The topological polar surface area (TPSA) is 32.3 Å². The first-order valence-electron chi connectivity index (χ1n) is 8.42. The average molecular weight is 401 g/mol. The third-order valence-electron chi connectivity index (χ3n) is 4.65. The summed E-state index contributed by atoms with van der Waals surface area (Å²) in [4.78, 5) is 13.9. The second kappa shape index (κ2) is 7.76. The Kier molecular flexibility index (Phi) is 5.60. The standard InChI is InChI=1S/C19H17ClF4N2O/c20-17-6-5-15(11-16(17)19(22,23)24)25-18(27)26-9-7-13(8-10-26)12-1-3-14(21)4-2-12/h1-6,11,13H,7-10H2,(H,25,27). The number of carbonyl (C=O) groups is 1. The van der Waals surface area contributed by atoms with Crippen molar-refractivity contribution in [2.24, 2.45) is 0 Å². The van der Waals surface area contributed by atoms with E-state index in [0.717, 1.165) is 17.7 Å². The molecule has 1 heterocycles. The summed E-state index contributed by atoms with van der Waals surface area (Å²) in [5.74, 6) is -0.0706. The number of nitrogens with zero attached hydrogens (tertiary/aromatic N) is 1. The van der Waals surface area contributed by atoms with Crippen LogP contribution in [0.25, 0.3) is 0 Å². The van der Waals surface area contributed by atoms with Gasteiger partial charge in [0.1, 0.15) is 5.82 Å². The molecule has 0 unspecified atom stereocenters. The van der Waals surface area contributed by atoms with Crippen molar-refractivity contribution in [2.75, 3.05) is 18.4 Å². The Morgan fingerprint density at radius 1 is 1.07 bits per heavy atom. The number of anilines is 1. The third-order valence-corrected chi connectivity index (χ3v) is 4.98. The quantitative estimate of drug-likeness (QED) is 0.624. The molecule has 0 radical (unpaired) electrons. The summed E-state index contributed by atoms with van der Waals surface area (Å²) in [6.45, 7) is 0.932. The predicted molar refractivity (Wildman–Crippen MR) is 95.4 cm³/mol. The lowest BCUT2D eigenvalue weighted by Crippen LogP contribution is -2.40. The predicted octanol–water partition coefficient (Wildman–Crippen LogP) is 5.91. The van der Waals surface area contributed by atoms with Crippen molar-refractivity contribution in [1.82, 2.24) is 4.90 Å². The van der Waals surface area contributed by atoms with Crippen molar-refractivity contribution in [2.45, 2.75) is 24.9 Å². The molecule has 144 valence electrons. The summed E-state index contributed by atoms with van der Waals surface area (Å²) in [5, 5.41) is 2.08. The molecule has 2 amide bonds. The Morgan fingerprint density at radius 2 is 1.70 bits per heavy atom. The number of urea groups is 1. The van der Waals surface area contributed by atoms with Gasteiger partial charge in [0.05, 0.1) is 10.6 Å².